The van der Waals surface area contributed by atoms with E-state index in [9.17, 15) is 4.79 Å². The molecular formula is C12H23N3O3. The van der Waals surface area contributed by atoms with Gasteiger partial charge in [-0.25, -0.2) is 0 Å². The standard InChI is InChI=1S/C12H23N3O3/c16-12(17)11-15-5-3-13(4-6-15)1-2-14-7-9-18-10-8-14/h1-11H2,(H,16,17). The quantitative estimate of drug-likeness (QED) is 0.683. The van der Waals surface area contributed by atoms with Gasteiger partial charge in [0.15, 0.2) is 0 Å². The van der Waals surface area contributed by atoms with Crippen LogP contribution in [0, 0.1) is 0 Å². The zero-order chi connectivity index (χ0) is 12.8. The third-order valence-electron chi connectivity index (χ3n) is 3.66. The lowest BCUT2D eigenvalue weighted by Gasteiger charge is -2.35. The Balaban J connectivity index is 1.59. The topological polar surface area (TPSA) is 56.2 Å². The number of carboxylic acid groups (broad SMARTS) is 1. The van der Waals surface area contributed by atoms with Crippen molar-refractivity contribution in [2.45, 2.75) is 0 Å². The van der Waals surface area contributed by atoms with Gasteiger partial charge in [0.25, 0.3) is 0 Å². The second kappa shape index (κ2) is 7.04. The van der Waals surface area contributed by atoms with Crippen molar-refractivity contribution >= 4 is 5.97 Å². The maximum Gasteiger partial charge on any atom is 0.317 e. The fourth-order valence-corrected chi connectivity index (χ4v) is 2.47. The molecule has 2 rings (SSSR count). The molecule has 2 fully saturated rings. The lowest BCUT2D eigenvalue weighted by Crippen LogP contribution is -2.50. The van der Waals surface area contributed by atoms with E-state index in [1.54, 1.807) is 0 Å². The first-order valence-corrected chi connectivity index (χ1v) is 6.70. The summed E-state index contributed by atoms with van der Waals surface area (Å²) in [7, 11) is 0. The Labute approximate surface area is 108 Å². The first kappa shape index (κ1) is 13.7. The van der Waals surface area contributed by atoms with Crippen molar-refractivity contribution in [3.63, 3.8) is 0 Å². The predicted molar refractivity (Wildman–Crippen MR) is 67.8 cm³/mol. The van der Waals surface area contributed by atoms with E-state index in [-0.39, 0.29) is 6.54 Å². The smallest absolute Gasteiger partial charge is 0.317 e. The van der Waals surface area contributed by atoms with E-state index in [0.717, 1.165) is 65.6 Å². The number of aliphatic carboxylic acids is 1. The number of piperazine rings is 1. The molecule has 0 aromatic heterocycles. The molecular weight excluding hydrogens is 234 g/mol. The van der Waals surface area contributed by atoms with Gasteiger partial charge in [-0.2, -0.15) is 0 Å². The van der Waals surface area contributed by atoms with Crippen molar-refractivity contribution in [3.05, 3.63) is 0 Å². The van der Waals surface area contributed by atoms with Gasteiger partial charge in [-0.1, -0.05) is 0 Å². The van der Waals surface area contributed by atoms with Crippen LogP contribution in [0.4, 0.5) is 0 Å². The number of hydrogen-bond acceptors (Lipinski definition) is 5. The molecule has 0 atom stereocenters. The number of nitrogens with zero attached hydrogens (tertiary/aromatic N) is 3. The molecule has 0 amide bonds. The van der Waals surface area contributed by atoms with Crippen LogP contribution in [-0.2, 0) is 9.53 Å². The number of carboxylic acids is 1. The van der Waals surface area contributed by atoms with Crippen molar-refractivity contribution in [2.24, 2.45) is 0 Å². The zero-order valence-corrected chi connectivity index (χ0v) is 10.9. The molecule has 0 radical (unpaired) electrons. The molecule has 0 aliphatic carbocycles. The molecule has 0 bridgehead atoms. The van der Waals surface area contributed by atoms with Gasteiger partial charge in [0, 0.05) is 52.4 Å². The third-order valence-corrected chi connectivity index (χ3v) is 3.66. The molecule has 2 aliphatic heterocycles. The summed E-state index contributed by atoms with van der Waals surface area (Å²) in [5.74, 6) is -0.725. The van der Waals surface area contributed by atoms with Crippen LogP contribution in [-0.4, -0.2) is 97.9 Å². The van der Waals surface area contributed by atoms with E-state index in [1.807, 2.05) is 4.90 Å². The third kappa shape index (κ3) is 4.53. The first-order chi connectivity index (χ1) is 8.74. The monoisotopic (exact) mass is 257 g/mol. The minimum absolute atomic E-state index is 0.178. The highest BCUT2D eigenvalue weighted by atomic mass is 16.5. The molecule has 0 unspecified atom stereocenters. The summed E-state index contributed by atoms with van der Waals surface area (Å²) < 4.78 is 5.33. The fraction of sp³-hybridized carbons (Fsp3) is 0.917. The minimum atomic E-state index is -0.725. The molecule has 6 nitrogen and oxygen atoms in total. The van der Waals surface area contributed by atoms with Crippen LogP contribution >= 0.6 is 0 Å². The van der Waals surface area contributed by atoms with Gasteiger partial charge in [-0.15, -0.1) is 0 Å². The van der Waals surface area contributed by atoms with Gasteiger partial charge in [0.1, 0.15) is 0 Å². The normalized spacial score (nSPS) is 24.2. The van der Waals surface area contributed by atoms with Crippen molar-refractivity contribution in [1.29, 1.82) is 0 Å². The van der Waals surface area contributed by atoms with Crippen molar-refractivity contribution < 1.29 is 14.6 Å². The summed E-state index contributed by atoms with van der Waals surface area (Å²) in [6.45, 7) is 9.86. The Morgan fingerprint density at radius 3 is 1.94 bits per heavy atom. The number of carbonyl (C=O) groups is 1. The molecule has 0 aromatic rings. The predicted octanol–water partition coefficient (Wildman–Crippen LogP) is -0.979. The Morgan fingerprint density at radius 1 is 0.889 bits per heavy atom. The summed E-state index contributed by atoms with van der Waals surface area (Å²) in [5.41, 5.74) is 0. The number of morpholine rings is 1. The first-order valence-electron chi connectivity index (χ1n) is 6.70. The van der Waals surface area contributed by atoms with Crippen LogP contribution in [0.5, 0.6) is 0 Å². The summed E-state index contributed by atoms with van der Waals surface area (Å²) in [4.78, 5) is 17.5. The molecule has 18 heavy (non-hydrogen) atoms. The van der Waals surface area contributed by atoms with Crippen LogP contribution in [0.1, 0.15) is 0 Å². The molecule has 2 saturated heterocycles. The average molecular weight is 257 g/mol. The molecule has 0 aromatic carbocycles. The van der Waals surface area contributed by atoms with Crippen molar-refractivity contribution in [1.82, 2.24) is 14.7 Å². The van der Waals surface area contributed by atoms with Gasteiger partial charge in [0.05, 0.1) is 19.8 Å². The van der Waals surface area contributed by atoms with E-state index in [1.165, 1.54) is 0 Å². The maximum absolute atomic E-state index is 10.6. The number of rotatable bonds is 5. The SMILES string of the molecule is O=C(O)CN1CCN(CCN2CCOCC2)CC1. The molecule has 104 valence electrons. The Morgan fingerprint density at radius 2 is 1.39 bits per heavy atom. The fourth-order valence-electron chi connectivity index (χ4n) is 2.47. The second-order valence-electron chi connectivity index (χ2n) is 4.97. The van der Waals surface area contributed by atoms with E-state index in [0.29, 0.717) is 0 Å². The van der Waals surface area contributed by atoms with E-state index in [4.69, 9.17) is 9.84 Å². The Kier molecular flexibility index (Phi) is 5.37. The Bertz CT molecular complexity index is 261. The molecule has 2 aliphatic rings. The summed E-state index contributed by atoms with van der Waals surface area (Å²) >= 11 is 0. The van der Waals surface area contributed by atoms with Crippen LogP contribution in [0.3, 0.4) is 0 Å². The van der Waals surface area contributed by atoms with Crippen LogP contribution in [0.2, 0.25) is 0 Å². The van der Waals surface area contributed by atoms with Gasteiger partial charge >= 0.3 is 5.97 Å². The molecule has 6 heteroatoms. The largest absolute Gasteiger partial charge is 0.480 e. The number of ether oxygens (including phenoxy) is 1. The molecule has 1 N–H and O–H groups in total. The Hall–Kier alpha value is -0.690. The van der Waals surface area contributed by atoms with E-state index in [2.05, 4.69) is 9.80 Å². The zero-order valence-electron chi connectivity index (χ0n) is 10.9. The van der Waals surface area contributed by atoms with Gasteiger partial charge < -0.3 is 9.84 Å². The van der Waals surface area contributed by atoms with Crippen LogP contribution < -0.4 is 0 Å². The summed E-state index contributed by atoms with van der Waals surface area (Å²) in [6, 6.07) is 0. The molecule has 0 spiro atoms. The highest BCUT2D eigenvalue weighted by Gasteiger charge is 2.19. The van der Waals surface area contributed by atoms with E-state index < -0.39 is 5.97 Å². The van der Waals surface area contributed by atoms with Crippen molar-refractivity contribution in [3.8, 4) is 0 Å². The maximum atomic E-state index is 10.6. The van der Waals surface area contributed by atoms with Crippen molar-refractivity contribution in [2.75, 3.05) is 72.1 Å². The van der Waals surface area contributed by atoms with Gasteiger partial charge in [-0.3, -0.25) is 19.5 Å². The summed E-state index contributed by atoms with van der Waals surface area (Å²) in [6.07, 6.45) is 0. The lowest BCUT2D eigenvalue weighted by atomic mass is 10.3. The minimum Gasteiger partial charge on any atom is -0.480 e. The molecule has 0 saturated carbocycles. The molecule has 2 heterocycles. The lowest BCUT2D eigenvalue weighted by molar-refractivity contribution is -0.138. The van der Waals surface area contributed by atoms with Gasteiger partial charge in [0.2, 0.25) is 0 Å². The highest BCUT2D eigenvalue weighted by molar-refractivity contribution is 5.69. The van der Waals surface area contributed by atoms with Gasteiger partial charge in [-0.05, 0) is 0 Å². The highest BCUT2D eigenvalue weighted by Crippen LogP contribution is 2.03. The van der Waals surface area contributed by atoms with Crippen LogP contribution in [0.25, 0.3) is 0 Å². The van der Waals surface area contributed by atoms with E-state index >= 15 is 0 Å². The van der Waals surface area contributed by atoms with Crippen LogP contribution in [0.15, 0.2) is 0 Å². The average Bonchev–Trinajstić information content (AvgIpc) is 2.38. The number of hydrogen-bond donors (Lipinski definition) is 1. The summed E-state index contributed by atoms with van der Waals surface area (Å²) in [5, 5.41) is 8.73. The second-order valence-corrected chi connectivity index (χ2v) is 4.97.